The van der Waals surface area contributed by atoms with Gasteiger partial charge in [0.1, 0.15) is 5.82 Å². The number of aromatic nitrogens is 3. The molecule has 1 N–H and O–H groups in total. The first-order valence-corrected chi connectivity index (χ1v) is 9.87. The van der Waals surface area contributed by atoms with E-state index in [9.17, 15) is 9.90 Å². The van der Waals surface area contributed by atoms with Crippen molar-refractivity contribution in [3.8, 4) is 0 Å². The highest BCUT2D eigenvalue weighted by molar-refractivity contribution is 5.85. The van der Waals surface area contributed by atoms with Crippen molar-refractivity contribution in [2.24, 2.45) is 0 Å². The predicted molar refractivity (Wildman–Crippen MR) is 107 cm³/mol. The summed E-state index contributed by atoms with van der Waals surface area (Å²) < 4.78 is 2.08. The van der Waals surface area contributed by atoms with E-state index in [1.54, 1.807) is 0 Å². The molecule has 1 saturated heterocycles. The molecule has 0 amide bonds. The monoisotopic (exact) mass is 366 g/mol. The van der Waals surface area contributed by atoms with Crippen molar-refractivity contribution in [3.63, 3.8) is 0 Å². The van der Waals surface area contributed by atoms with Crippen LogP contribution in [0.15, 0.2) is 24.3 Å². The van der Waals surface area contributed by atoms with Gasteiger partial charge in [0.2, 0.25) is 5.78 Å². The third-order valence-electron chi connectivity index (χ3n) is 5.53. The number of hydrogen-bond acceptors (Lipinski definition) is 4. The first-order valence-electron chi connectivity index (χ1n) is 9.87. The van der Waals surface area contributed by atoms with Crippen molar-refractivity contribution in [1.82, 2.24) is 14.4 Å². The Labute approximate surface area is 158 Å². The zero-order valence-electron chi connectivity index (χ0n) is 16.0. The summed E-state index contributed by atoms with van der Waals surface area (Å²) in [6, 6.07) is 8.00. The highest BCUT2D eigenvalue weighted by Crippen LogP contribution is 2.36. The van der Waals surface area contributed by atoms with Crippen LogP contribution in [-0.4, -0.2) is 38.5 Å². The predicted octanol–water partition coefficient (Wildman–Crippen LogP) is 4.15. The molecule has 3 heterocycles. The van der Waals surface area contributed by atoms with E-state index in [0.29, 0.717) is 12.2 Å². The molecular formula is C21H26N4O2. The number of aliphatic carboxylic acids is 1. The summed E-state index contributed by atoms with van der Waals surface area (Å²) in [4.78, 5) is 23.9. The minimum Gasteiger partial charge on any atom is -0.481 e. The van der Waals surface area contributed by atoms with Crippen LogP contribution in [0, 0.1) is 6.92 Å². The van der Waals surface area contributed by atoms with Crippen LogP contribution >= 0.6 is 0 Å². The number of anilines is 1. The molecule has 3 aromatic rings. The Morgan fingerprint density at radius 3 is 2.63 bits per heavy atom. The van der Waals surface area contributed by atoms with Crippen LogP contribution in [-0.2, 0) is 4.79 Å². The lowest BCUT2D eigenvalue weighted by Gasteiger charge is -2.33. The van der Waals surface area contributed by atoms with Crippen molar-refractivity contribution in [2.45, 2.75) is 51.9 Å². The van der Waals surface area contributed by atoms with Gasteiger partial charge in [-0.05, 0) is 44.7 Å². The van der Waals surface area contributed by atoms with Crippen LogP contribution in [0.4, 0.5) is 5.82 Å². The number of rotatable bonds is 5. The quantitative estimate of drug-likeness (QED) is 0.734. The Morgan fingerprint density at radius 1 is 1.19 bits per heavy atom. The molecule has 27 heavy (non-hydrogen) atoms. The first kappa shape index (κ1) is 17.8. The number of piperidine rings is 1. The van der Waals surface area contributed by atoms with E-state index in [2.05, 4.69) is 9.30 Å². The lowest BCUT2D eigenvalue weighted by atomic mass is 9.92. The Balaban J connectivity index is 2.07. The zero-order chi connectivity index (χ0) is 19.0. The number of para-hydroxylation sites is 2. The van der Waals surface area contributed by atoms with Gasteiger partial charge < -0.3 is 10.0 Å². The maximum atomic E-state index is 12.1. The fraction of sp³-hybridized carbons (Fsp3) is 0.476. The van der Waals surface area contributed by atoms with Crippen LogP contribution in [0.1, 0.15) is 56.2 Å². The number of carboxylic acid groups (broad SMARTS) is 1. The zero-order valence-corrected chi connectivity index (χ0v) is 16.0. The molecule has 2 aromatic heterocycles. The summed E-state index contributed by atoms with van der Waals surface area (Å²) in [7, 11) is 0. The van der Waals surface area contributed by atoms with Crippen LogP contribution < -0.4 is 4.90 Å². The molecule has 0 spiro atoms. The topological polar surface area (TPSA) is 70.7 Å². The van der Waals surface area contributed by atoms with Crippen molar-refractivity contribution in [2.75, 3.05) is 18.0 Å². The van der Waals surface area contributed by atoms with Crippen molar-refractivity contribution in [3.05, 3.63) is 35.5 Å². The minimum atomic E-state index is -0.774. The highest BCUT2D eigenvalue weighted by Gasteiger charge is 2.30. The minimum absolute atomic E-state index is 0.551. The van der Waals surface area contributed by atoms with E-state index in [1.807, 2.05) is 38.1 Å². The van der Waals surface area contributed by atoms with Crippen molar-refractivity contribution >= 4 is 28.6 Å². The third kappa shape index (κ3) is 3.03. The average Bonchev–Trinajstić information content (AvgIpc) is 3.03. The van der Waals surface area contributed by atoms with Crippen LogP contribution in [0.3, 0.4) is 0 Å². The Hall–Kier alpha value is -2.63. The Bertz CT molecular complexity index is 989. The molecule has 0 saturated carbocycles. The van der Waals surface area contributed by atoms with E-state index in [1.165, 1.54) is 6.42 Å². The third-order valence-corrected chi connectivity index (χ3v) is 5.53. The second-order valence-corrected chi connectivity index (χ2v) is 7.40. The van der Waals surface area contributed by atoms with Gasteiger partial charge >= 0.3 is 5.97 Å². The fourth-order valence-electron chi connectivity index (χ4n) is 4.29. The molecule has 6 heteroatoms. The van der Waals surface area contributed by atoms with Gasteiger partial charge in [-0.25, -0.2) is 9.97 Å². The molecule has 6 nitrogen and oxygen atoms in total. The standard InChI is InChI=1S/C21H26N4O2/c1-3-9-15(20(26)27)18-14(2)22-21-23-16-10-5-6-11-17(16)25(21)19(18)24-12-7-4-8-13-24/h5-6,10-11,15H,3-4,7-9,12-13H2,1-2H3,(H,26,27). The van der Waals surface area contributed by atoms with Gasteiger partial charge in [0.15, 0.2) is 0 Å². The molecule has 1 fully saturated rings. The second-order valence-electron chi connectivity index (χ2n) is 7.40. The van der Waals surface area contributed by atoms with E-state index in [0.717, 1.165) is 60.5 Å². The molecule has 0 bridgehead atoms. The summed E-state index contributed by atoms with van der Waals surface area (Å²) in [5.74, 6) is 0.305. The van der Waals surface area contributed by atoms with E-state index < -0.39 is 11.9 Å². The van der Waals surface area contributed by atoms with E-state index >= 15 is 0 Å². The number of benzene rings is 1. The molecule has 1 aromatic carbocycles. The summed E-state index contributed by atoms with van der Waals surface area (Å²) >= 11 is 0. The molecule has 1 aliphatic rings. The maximum absolute atomic E-state index is 12.1. The first-order chi connectivity index (χ1) is 13.1. The van der Waals surface area contributed by atoms with Crippen LogP contribution in [0.2, 0.25) is 0 Å². The van der Waals surface area contributed by atoms with Gasteiger partial charge in [0.05, 0.1) is 17.0 Å². The highest BCUT2D eigenvalue weighted by atomic mass is 16.4. The SMILES string of the molecule is CCCC(C(=O)O)c1c(C)nc2nc3ccccc3n2c1N1CCCCC1. The molecule has 1 unspecified atom stereocenters. The number of carbonyl (C=O) groups is 1. The molecular weight excluding hydrogens is 340 g/mol. The van der Waals surface area contributed by atoms with Gasteiger partial charge in [0, 0.05) is 24.3 Å². The summed E-state index contributed by atoms with van der Waals surface area (Å²) in [5, 5.41) is 9.97. The van der Waals surface area contributed by atoms with E-state index in [-0.39, 0.29) is 0 Å². The van der Waals surface area contributed by atoms with Gasteiger partial charge in [-0.15, -0.1) is 0 Å². The normalized spacial score (nSPS) is 16.1. The van der Waals surface area contributed by atoms with E-state index in [4.69, 9.17) is 9.97 Å². The van der Waals surface area contributed by atoms with Gasteiger partial charge in [-0.1, -0.05) is 25.5 Å². The fourth-order valence-corrected chi connectivity index (χ4v) is 4.29. The summed E-state index contributed by atoms with van der Waals surface area (Å²) in [5.41, 5.74) is 3.51. The number of imidazole rings is 1. The van der Waals surface area contributed by atoms with Gasteiger partial charge in [-0.3, -0.25) is 9.20 Å². The average molecular weight is 366 g/mol. The van der Waals surface area contributed by atoms with Crippen LogP contribution in [0.5, 0.6) is 0 Å². The summed E-state index contributed by atoms with van der Waals surface area (Å²) in [6.45, 7) is 5.84. The molecule has 1 aliphatic heterocycles. The molecule has 4 rings (SSSR count). The lowest BCUT2D eigenvalue weighted by Crippen LogP contribution is -2.33. The van der Waals surface area contributed by atoms with Gasteiger partial charge in [-0.2, -0.15) is 0 Å². The number of fused-ring (bicyclic) bond motifs is 3. The molecule has 0 radical (unpaired) electrons. The largest absolute Gasteiger partial charge is 0.481 e. The summed E-state index contributed by atoms with van der Waals surface area (Å²) in [6.07, 6.45) is 4.90. The van der Waals surface area contributed by atoms with Crippen molar-refractivity contribution < 1.29 is 9.90 Å². The van der Waals surface area contributed by atoms with Gasteiger partial charge in [0.25, 0.3) is 0 Å². The molecule has 142 valence electrons. The maximum Gasteiger partial charge on any atom is 0.311 e. The number of carboxylic acids is 1. The number of nitrogens with zero attached hydrogens (tertiary/aromatic N) is 4. The smallest absolute Gasteiger partial charge is 0.311 e. The lowest BCUT2D eigenvalue weighted by molar-refractivity contribution is -0.139. The Kier molecular flexibility index (Phi) is 4.72. The Morgan fingerprint density at radius 2 is 1.93 bits per heavy atom. The van der Waals surface area contributed by atoms with Crippen molar-refractivity contribution in [1.29, 1.82) is 0 Å². The van der Waals surface area contributed by atoms with Crippen LogP contribution in [0.25, 0.3) is 16.8 Å². The number of aryl methyl sites for hydroxylation is 1. The number of hydrogen-bond donors (Lipinski definition) is 1. The molecule has 1 atom stereocenters. The molecule has 0 aliphatic carbocycles. The second kappa shape index (κ2) is 7.18.